The number of pyridine rings is 1. The molecule has 0 amide bonds. The van der Waals surface area contributed by atoms with E-state index < -0.39 is 11.3 Å². The Morgan fingerprint density at radius 3 is 2.48 bits per heavy atom. The summed E-state index contributed by atoms with van der Waals surface area (Å²) in [7, 11) is 0. The molecule has 2 heterocycles. The minimum Gasteiger partial charge on any atom is -0.370 e. The van der Waals surface area contributed by atoms with E-state index in [4.69, 9.17) is 4.52 Å². The van der Waals surface area contributed by atoms with Crippen LogP contribution in [-0.2, 0) is 5.41 Å². The molecule has 0 spiro atoms. The Morgan fingerprint density at radius 2 is 1.95 bits per heavy atom. The van der Waals surface area contributed by atoms with Crippen LogP contribution in [0.1, 0.15) is 33.6 Å². The van der Waals surface area contributed by atoms with Crippen LogP contribution in [-0.4, -0.2) is 27.6 Å². The minimum atomic E-state index is -2.97. The third-order valence-corrected chi connectivity index (χ3v) is 3.44. The maximum Gasteiger partial charge on any atom is 0.259 e. The zero-order valence-electron chi connectivity index (χ0n) is 12.4. The van der Waals surface area contributed by atoms with Gasteiger partial charge in [0.1, 0.15) is 11.2 Å². The van der Waals surface area contributed by atoms with Crippen molar-refractivity contribution in [3.63, 3.8) is 0 Å². The molecule has 0 aliphatic heterocycles. The highest BCUT2D eigenvalue weighted by molar-refractivity contribution is 5.55. The number of halogens is 2. The summed E-state index contributed by atoms with van der Waals surface area (Å²) in [5, 5.41) is 6.82. The van der Waals surface area contributed by atoms with Crippen LogP contribution >= 0.6 is 0 Å². The summed E-state index contributed by atoms with van der Waals surface area (Å²) in [6.07, 6.45) is 1.57. The highest BCUT2D eigenvalue weighted by Gasteiger charge is 2.47. The monoisotopic (exact) mass is 296 g/mol. The molecular weight excluding hydrogens is 278 g/mol. The van der Waals surface area contributed by atoms with Crippen LogP contribution in [0.4, 0.5) is 14.6 Å². The maximum absolute atomic E-state index is 13.6. The van der Waals surface area contributed by atoms with E-state index in [-0.39, 0.29) is 11.7 Å². The van der Waals surface area contributed by atoms with Gasteiger partial charge in [0.05, 0.1) is 0 Å². The highest BCUT2D eigenvalue weighted by atomic mass is 19.3. The van der Waals surface area contributed by atoms with Gasteiger partial charge < -0.3 is 9.84 Å². The number of nitrogens with one attached hydrogen (secondary N) is 1. The molecular formula is C14H18F2N4O. The number of rotatable bonds is 5. The second kappa shape index (κ2) is 5.38. The first-order chi connectivity index (χ1) is 9.75. The van der Waals surface area contributed by atoms with Gasteiger partial charge in [-0.25, -0.2) is 13.8 Å². The standard InChI is InChI=1S/C14H18F2N4O/c1-5-17-10-7-6-9(8-18-10)11-19-12(21-20-11)13(2,3)14(4,15)16/h6-8H,5H2,1-4H3,(H,17,18). The Balaban J connectivity index is 2.28. The van der Waals surface area contributed by atoms with E-state index in [9.17, 15) is 8.78 Å². The first kappa shape index (κ1) is 15.3. The lowest BCUT2D eigenvalue weighted by atomic mass is 9.86. The molecule has 0 aliphatic rings. The van der Waals surface area contributed by atoms with Gasteiger partial charge in [-0.3, -0.25) is 0 Å². The fourth-order valence-electron chi connectivity index (χ4n) is 1.59. The lowest BCUT2D eigenvalue weighted by Crippen LogP contribution is -2.37. The Hall–Kier alpha value is -2.05. The van der Waals surface area contributed by atoms with E-state index in [0.717, 1.165) is 19.3 Å². The fraction of sp³-hybridized carbons (Fsp3) is 0.500. The number of nitrogens with zero attached hydrogens (tertiary/aromatic N) is 3. The summed E-state index contributed by atoms with van der Waals surface area (Å²) in [4.78, 5) is 8.26. The molecule has 0 aliphatic carbocycles. The summed E-state index contributed by atoms with van der Waals surface area (Å²) in [6, 6.07) is 3.53. The van der Waals surface area contributed by atoms with Gasteiger partial charge in [0.25, 0.3) is 5.92 Å². The van der Waals surface area contributed by atoms with Crippen molar-refractivity contribution in [2.45, 2.75) is 39.0 Å². The molecule has 0 atom stereocenters. The van der Waals surface area contributed by atoms with Crippen LogP contribution < -0.4 is 5.32 Å². The van der Waals surface area contributed by atoms with E-state index in [1.807, 2.05) is 6.92 Å². The molecule has 21 heavy (non-hydrogen) atoms. The molecule has 2 aromatic rings. The van der Waals surface area contributed by atoms with Gasteiger partial charge in [0, 0.05) is 25.2 Å². The molecule has 0 bridgehead atoms. The second-order valence-corrected chi connectivity index (χ2v) is 5.40. The normalized spacial score (nSPS) is 12.5. The number of aromatic nitrogens is 3. The van der Waals surface area contributed by atoms with Crippen LogP contribution in [0.3, 0.4) is 0 Å². The summed E-state index contributed by atoms with van der Waals surface area (Å²) < 4.78 is 32.2. The Bertz CT molecular complexity index is 602. The predicted molar refractivity (Wildman–Crippen MR) is 75.3 cm³/mol. The van der Waals surface area contributed by atoms with Crippen molar-refractivity contribution in [2.24, 2.45) is 0 Å². The number of hydrogen-bond acceptors (Lipinski definition) is 5. The Kier molecular flexibility index (Phi) is 3.93. The summed E-state index contributed by atoms with van der Waals surface area (Å²) in [5.74, 6) is -2.09. The van der Waals surface area contributed by atoms with E-state index in [0.29, 0.717) is 5.56 Å². The number of hydrogen-bond donors (Lipinski definition) is 1. The Labute approximate surface area is 121 Å². The molecule has 0 saturated carbocycles. The van der Waals surface area contributed by atoms with Crippen molar-refractivity contribution in [2.75, 3.05) is 11.9 Å². The smallest absolute Gasteiger partial charge is 0.259 e. The van der Waals surface area contributed by atoms with E-state index >= 15 is 0 Å². The van der Waals surface area contributed by atoms with Gasteiger partial charge in [-0.1, -0.05) is 5.16 Å². The predicted octanol–water partition coefficient (Wildman–Crippen LogP) is 3.50. The first-order valence-corrected chi connectivity index (χ1v) is 6.68. The first-order valence-electron chi connectivity index (χ1n) is 6.68. The zero-order chi connectivity index (χ0) is 15.7. The van der Waals surface area contributed by atoms with Gasteiger partial charge in [-0.05, 0) is 32.9 Å². The minimum absolute atomic E-state index is 0.0965. The average Bonchev–Trinajstić information content (AvgIpc) is 2.89. The largest absolute Gasteiger partial charge is 0.370 e. The molecule has 0 unspecified atom stereocenters. The van der Waals surface area contributed by atoms with Crippen molar-refractivity contribution in [1.29, 1.82) is 0 Å². The van der Waals surface area contributed by atoms with Crippen LogP contribution in [0.25, 0.3) is 11.4 Å². The van der Waals surface area contributed by atoms with Crippen LogP contribution in [0, 0.1) is 0 Å². The van der Waals surface area contributed by atoms with Crippen molar-refractivity contribution < 1.29 is 13.3 Å². The average molecular weight is 296 g/mol. The second-order valence-electron chi connectivity index (χ2n) is 5.40. The Morgan fingerprint density at radius 1 is 1.24 bits per heavy atom. The van der Waals surface area contributed by atoms with E-state index in [2.05, 4.69) is 20.4 Å². The van der Waals surface area contributed by atoms with Gasteiger partial charge in [0.15, 0.2) is 0 Å². The van der Waals surface area contributed by atoms with Crippen molar-refractivity contribution >= 4 is 5.82 Å². The molecule has 5 nitrogen and oxygen atoms in total. The lowest BCUT2D eigenvalue weighted by Gasteiger charge is -2.26. The molecule has 0 saturated heterocycles. The molecule has 2 aromatic heterocycles. The fourth-order valence-corrected chi connectivity index (χ4v) is 1.59. The zero-order valence-corrected chi connectivity index (χ0v) is 12.4. The lowest BCUT2D eigenvalue weighted by molar-refractivity contribution is -0.0584. The molecule has 0 radical (unpaired) electrons. The van der Waals surface area contributed by atoms with Crippen molar-refractivity contribution in [1.82, 2.24) is 15.1 Å². The SMILES string of the molecule is CCNc1ccc(-c2noc(C(C)(C)C(C)(F)F)n2)cn1. The van der Waals surface area contributed by atoms with Crippen LogP contribution in [0.2, 0.25) is 0 Å². The summed E-state index contributed by atoms with van der Waals surface area (Å²) in [5.41, 5.74) is -0.920. The van der Waals surface area contributed by atoms with E-state index in [1.54, 1.807) is 18.3 Å². The topological polar surface area (TPSA) is 63.8 Å². The van der Waals surface area contributed by atoms with Gasteiger partial charge in [-0.15, -0.1) is 0 Å². The van der Waals surface area contributed by atoms with Crippen molar-refractivity contribution in [3.8, 4) is 11.4 Å². The number of anilines is 1. The number of alkyl halides is 2. The molecule has 114 valence electrons. The summed E-state index contributed by atoms with van der Waals surface area (Å²) in [6.45, 7) is 6.31. The quantitative estimate of drug-likeness (QED) is 0.915. The summed E-state index contributed by atoms with van der Waals surface area (Å²) >= 11 is 0. The third kappa shape index (κ3) is 3.01. The molecule has 1 N–H and O–H groups in total. The van der Waals surface area contributed by atoms with E-state index in [1.165, 1.54) is 13.8 Å². The van der Waals surface area contributed by atoms with Crippen LogP contribution in [0.5, 0.6) is 0 Å². The van der Waals surface area contributed by atoms with Gasteiger partial charge in [0.2, 0.25) is 11.7 Å². The molecule has 7 heteroatoms. The molecule has 2 rings (SSSR count). The van der Waals surface area contributed by atoms with Crippen LogP contribution in [0.15, 0.2) is 22.9 Å². The molecule has 0 fully saturated rings. The van der Waals surface area contributed by atoms with Crippen molar-refractivity contribution in [3.05, 3.63) is 24.2 Å². The maximum atomic E-state index is 13.6. The van der Waals surface area contributed by atoms with Gasteiger partial charge in [-0.2, -0.15) is 4.98 Å². The highest BCUT2D eigenvalue weighted by Crippen LogP contribution is 2.38. The molecule has 0 aromatic carbocycles. The van der Waals surface area contributed by atoms with Gasteiger partial charge >= 0.3 is 0 Å². The third-order valence-electron chi connectivity index (χ3n) is 3.44.